The third kappa shape index (κ3) is 8.61. The number of guanidine groups is 1. The Morgan fingerprint density at radius 3 is 2.67 bits per heavy atom. The largest absolute Gasteiger partial charge is 0.481 e. The Hall–Kier alpha value is -1.13. The molecule has 1 atom stereocenters. The van der Waals surface area contributed by atoms with Gasteiger partial charge in [-0.15, -0.1) is 24.0 Å². The van der Waals surface area contributed by atoms with Gasteiger partial charge in [-0.25, -0.2) is 4.98 Å². The van der Waals surface area contributed by atoms with Crippen molar-refractivity contribution in [3.8, 4) is 5.88 Å². The van der Waals surface area contributed by atoms with Crippen LogP contribution >= 0.6 is 24.0 Å². The molecule has 2 rings (SSSR count). The molecule has 7 nitrogen and oxygen atoms in total. The number of aliphatic imine (C=N–C) groups is 1. The predicted molar refractivity (Wildman–Crippen MR) is 120 cm³/mol. The molecular weight excluding hydrogens is 457 g/mol. The molecular formula is C19H34IN5O2. The van der Waals surface area contributed by atoms with Crippen molar-refractivity contribution in [2.24, 2.45) is 10.9 Å². The number of morpholine rings is 1. The van der Waals surface area contributed by atoms with Gasteiger partial charge in [-0.3, -0.25) is 9.89 Å². The molecule has 1 unspecified atom stereocenters. The number of ether oxygens (including phenoxy) is 2. The van der Waals surface area contributed by atoms with Gasteiger partial charge in [-0.05, 0) is 18.4 Å². The highest BCUT2D eigenvalue weighted by atomic mass is 127. The van der Waals surface area contributed by atoms with Crippen molar-refractivity contribution in [2.75, 3.05) is 47.0 Å². The Labute approximate surface area is 180 Å². The maximum Gasteiger partial charge on any atom is 0.213 e. The van der Waals surface area contributed by atoms with Gasteiger partial charge in [-0.2, -0.15) is 0 Å². The van der Waals surface area contributed by atoms with Crippen molar-refractivity contribution in [3.63, 3.8) is 0 Å². The number of hydrogen-bond acceptors (Lipinski definition) is 5. The average Bonchev–Trinajstić information content (AvgIpc) is 2.67. The fraction of sp³-hybridized carbons (Fsp3) is 0.684. The van der Waals surface area contributed by atoms with Crippen molar-refractivity contribution in [1.29, 1.82) is 0 Å². The van der Waals surface area contributed by atoms with Crippen LogP contribution in [0, 0.1) is 5.92 Å². The molecule has 0 spiro atoms. The summed E-state index contributed by atoms with van der Waals surface area (Å²) < 4.78 is 10.7. The lowest BCUT2D eigenvalue weighted by Gasteiger charge is -2.35. The smallest absolute Gasteiger partial charge is 0.213 e. The van der Waals surface area contributed by atoms with E-state index in [0.717, 1.165) is 50.9 Å². The lowest BCUT2D eigenvalue weighted by molar-refractivity contribution is 0.0132. The number of pyridine rings is 1. The van der Waals surface area contributed by atoms with E-state index in [-0.39, 0.29) is 24.0 Å². The monoisotopic (exact) mass is 491 g/mol. The van der Waals surface area contributed by atoms with Gasteiger partial charge in [0.2, 0.25) is 5.88 Å². The van der Waals surface area contributed by atoms with Gasteiger partial charge < -0.3 is 20.1 Å². The summed E-state index contributed by atoms with van der Waals surface area (Å²) in [5.41, 5.74) is 0.916. The average molecular weight is 491 g/mol. The Kier molecular flexibility index (Phi) is 11.6. The highest BCUT2D eigenvalue weighted by Crippen LogP contribution is 2.13. The number of nitrogens with one attached hydrogen (secondary N) is 2. The molecule has 0 bridgehead atoms. The quantitative estimate of drug-likeness (QED) is 0.330. The van der Waals surface area contributed by atoms with E-state index in [0.29, 0.717) is 24.4 Å². The first-order valence-corrected chi connectivity index (χ1v) is 9.38. The molecule has 2 heterocycles. The molecule has 2 N–H and O–H groups in total. The van der Waals surface area contributed by atoms with Gasteiger partial charge in [0.25, 0.3) is 0 Å². The lowest BCUT2D eigenvalue weighted by atomic mass is 10.0. The summed E-state index contributed by atoms with van der Waals surface area (Å²) >= 11 is 0. The minimum absolute atomic E-state index is 0. The van der Waals surface area contributed by atoms with Crippen LogP contribution in [0.5, 0.6) is 5.88 Å². The fourth-order valence-corrected chi connectivity index (χ4v) is 3.13. The molecule has 0 aromatic carbocycles. The summed E-state index contributed by atoms with van der Waals surface area (Å²) in [6.07, 6.45) is 1.15. The normalized spacial score (nSPS) is 16.6. The first-order chi connectivity index (χ1) is 12.6. The zero-order valence-corrected chi connectivity index (χ0v) is 19.2. The van der Waals surface area contributed by atoms with E-state index in [2.05, 4.69) is 39.4 Å². The maximum atomic E-state index is 5.49. The van der Waals surface area contributed by atoms with Crippen molar-refractivity contribution in [1.82, 2.24) is 20.5 Å². The van der Waals surface area contributed by atoms with E-state index in [9.17, 15) is 0 Å². The Morgan fingerprint density at radius 1 is 1.30 bits per heavy atom. The zero-order chi connectivity index (χ0) is 18.8. The number of nitrogens with zero attached hydrogens (tertiary/aromatic N) is 3. The standard InChI is InChI=1S/C19H33N5O2.HI/c1-15(2)12-17(24-8-10-26-11-9-24)14-22-19(20-3)21-13-16-6-5-7-18(23-16)25-4;/h5-7,15,17H,8-14H2,1-4H3,(H2,20,21,22);1H. The summed E-state index contributed by atoms with van der Waals surface area (Å²) in [6.45, 7) is 9.65. The van der Waals surface area contributed by atoms with Gasteiger partial charge >= 0.3 is 0 Å². The number of rotatable bonds is 8. The second-order valence-electron chi connectivity index (χ2n) is 6.91. The van der Waals surface area contributed by atoms with Gasteiger partial charge in [0.05, 0.1) is 32.6 Å². The Morgan fingerprint density at radius 2 is 2.04 bits per heavy atom. The molecule has 1 aromatic rings. The molecule has 0 saturated carbocycles. The minimum Gasteiger partial charge on any atom is -0.481 e. The topological polar surface area (TPSA) is 71.0 Å². The molecule has 0 amide bonds. The van der Waals surface area contributed by atoms with Crippen LogP contribution in [0.25, 0.3) is 0 Å². The van der Waals surface area contributed by atoms with Crippen LogP contribution in [0.3, 0.4) is 0 Å². The van der Waals surface area contributed by atoms with Crippen LogP contribution in [0.15, 0.2) is 23.2 Å². The van der Waals surface area contributed by atoms with Crippen LogP contribution in [0.1, 0.15) is 26.0 Å². The lowest BCUT2D eigenvalue weighted by Crippen LogP contribution is -2.51. The molecule has 0 aliphatic carbocycles. The summed E-state index contributed by atoms with van der Waals surface area (Å²) in [4.78, 5) is 11.3. The van der Waals surface area contributed by atoms with E-state index in [4.69, 9.17) is 9.47 Å². The molecule has 1 aliphatic rings. The SMILES string of the molecule is CN=C(NCc1cccc(OC)n1)NCC(CC(C)C)N1CCOCC1.I. The first kappa shape index (κ1) is 23.9. The highest BCUT2D eigenvalue weighted by Gasteiger charge is 2.22. The number of methoxy groups -OCH3 is 1. The van der Waals surface area contributed by atoms with Crippen LogP contribution in [-0.4, -0.2) is 68.9 Å². The molecule has 0 radical (unpaired) electrons. The van der Waals surface area contributed by atoms with Gasteiger partial charge in [-0.1, -0.05) is 19.9 Å². The van der Waals surface area contributed by atoms with Crippen LogP contribution in [0.2, 0.25) is 0 Å². The summed E-state index contributed by atoms with van der Waals surface area (Å²) in [5.74, 6) is 2.06. The highest BCUT2D eigenvalue weighted by molar-refractivity contribution is 14.0. The van der Waals surface area contributed by atoms with Crippen molar-refractivity contribution in [2.45, 2.75) is 32.9 Å². The molecule has 1 aromatic heterocycles. The van der Waals surface area contributed by atoms with Gasteiger partial charge in [0.15, 0.2) is 5.96 Å². The number of halogens is 1. The maximum absolute atomic E-state index is 5.49. The number of hydrogen-bond donors (Lipinski definition) is 2. The van der Waals surface area contributed by atoms with E-state index in [1.165, 1.54) is 0 Å². The second kappa shape index (κ2) is 13.1. The van der Waals surface area contributed by atoms with Crippen molar-refractivity contribution in [3.05, 3.63) is 23.9 Å². The second-order valence-corrected chi connectivity index (χ2v) is 6.91. The van der Waals surface area contributed by atoms with Gasteiger partial charge in [0.1, 0.15) is 0 Å². The summed E-state index contributed by atoms with van der Waals surface area (Å²) in [7, 11) is 3.42. The fourth-order valence-electron chi connectivity index (χ4n) is 3.13. The van der Waals surface area contributed by atoms with E-state index in [1.807, 2.05) is 18.2 Å². The van der Waals surface area contributed by atoms with E-state index >= 15 is 0 Å². The third-order valence-corrected chi connectivity index (χ3v) is 4.46. The molecule has 1 aliphatic heterocycles. The Bertz CT molecular complexity index is 565. The first-order valence-electron chi connectivity index (χ1n) is 9.38. The zero-order valence-electron chi connectivity index (χ0n) is 16.9. The molecule has 154 valence electrons. The van der Waals surface area contributed by atoms with Crippen molar-refractivity contribution < 1.29 is 9.47 Å². The molecule has 27 heavy (non-hydrogen) atoms. The minimum atomic E-state index is 0. The Balaban J connectivity index is 0.00000364. The van der Waals surface area contributed by atoms with E-state index < -0.39 is 0 Å². The van der Waals surface area contributed by atoms with Crippen LogP contribution in [-0.2, 0) is 11.3 Å². The summed E-state index contributed by atoms with van der Waals surface area (Å²) in [5, 5.41) is 6.79. The number of aromatic nitrogens is 1. The van der Waals surface area contributed by atoms with Crippen molar-refractivity contribution >= 4 is 29.9 Å². The van der Waals surface area contributed by atoms with Crippen LogP contribution < -0.4 is 15.4 Å². The predicted octanol–water partition coefficient (Wildman–Crippen LogP) is 2.12. The van der Waals surface area contributed by atoms with E-state index in [1.54, 1.807) is 14.2 Å². The molecule has 8 heteroatoms. The third-order valence-electron chi connectivity index (χ3n) is 4.46. The summed E-state index contributed by atoms with van der Waals surface area (Å²) in [6, 6.07) is 6.23. The van der Waals surface area contributed by atoms with Gasteiger partial charge in [0, 0.05) is 38.8 Å². The molecule has 1 saturated heterocycles. The molecule has 1 fully saturated rings. The van der Waals surface area contributed by atoms with Crippen LogP contribution in [0.4, 0.5) is 0 Å².